The van der Waals surface area contributed by atoms with Crippen molar-refractivity contribution in [3.05, 3.63) is 71.8 Å². The van der Waals surface area contributed by atoms with Gasteiger partial charge in [0.1, 0.15) is 5.69 Å². The predicted octanol–water partition coefficient (Wildman–Crippen LogP) is 3.21. The summed E-state index contributed by atoms with van der Waals surface area (Å²) in [6.07, 6.45) is 0.901. The lowest BCUT2D eigenvalue weighted by atomic mass is 10.1. The second-order valence-corrected chi connectivity index (χ2v) is 5.76. The van der Waals surface area contributed by atoms with Crippen molar-refractivity contribution < 1.29 is 22.4 Å². The number of aryl methyl sites for hydroxylation is 2. The molecule has 2 aromatic heterocycles. The smallest absolute Gasteiger partial charge is 0.166 e. The molecule has 0 atom stereocenters. The Morgan fingerprint density at radius 2 is 1.75 bits per heavy atom. The molecule has 2 heterocycles. The molecule has 0 aliphatic rings. The van der Waals surface area contributed by atoms with Crippen LogP contribution in [0.3, 0.4) is 0 Å². The Hall–Kier alpha value is -2.63. The molecule has 0 aliphatic heterocycles. The number of nitrogens with zero attached hydrogens (tertiary/aromatic N) is 3. The first-order valence-electron chi connectivity index (χ1n) is 7.52. The average Bonchev–Trinajstić information content (AvgIpc) is 2.93. The summed E-state index contributed by atoms with van der Waals surface area (Å²) in [4.78, 5) is 0. The van der Waals surface area contributed by atoms with Gasteiger partial charge in [-0.15, -0.1) is 9.36 Å². The molecule has 6 heteroatoms. The molecular weight excluding hydrogens is 315 g/mol. The van der Waals surface area contributed by atoms with Crippen LogP contribution in [0.5, 0.6) is 0 Å². The second-order valence-electron chi connectivity index (χ2n) is 5.76. The number of pyridine rings is 1. The average molecular weight is 333 g/mol. The molecule has 0 spiro atoms. The zero-order valence-corrected chi connectivity index (χ0v) is 13.7. The fourth-order valence-corrected chi connectivity index (χ4v) is 2.81. The van der Waals surface area contributed by atoms with Gasteiger partial charge in [0.2, 0.25) is 5.69 Å². The van der Waals surface area contributed by atoms with Crippen LogP contribution < -0.4 is 9.25 Å². The lowest BCUT2D eigenvalue weighted by molar-refractivity contribution is -0.744. The molecule has 0 saturated heterocycles. The van der Waals surface area contributed by atoms with Gasteiger partial charge in [-0.2, -0.15) is 17.7 Å². The summed E-state index contributed by atoms with van der Waals surface area (Å²) in [7, 11) is 1.79. The SMILES string of the molecule is Cc1c(-n2ccc[n+]2C)cc(C(F)(F)F)cc1-[n+]1ccccc1C. The maximum Gasteiger partial charge on any atom is 0.416 e. The van der Waals surface area contributed by atoms with Gasteiger partial charge in [0.25, 0.3) is 0 Å². The van der Waals surface area contributed by atoms with Gasteiger partial charge >= 0.3 is 6.18 Å². The fourth-order valence-electron chi connectivity index (χ4n) is 2.81. The third-order valence-electron chi connectivity index (χ3n) is 4.12. The van der Waals surface area contributed by atoms with Crippen molar-refractivity contribution in [2.75, 3.05) is 0 Å². The Balaban J connectivity index is 2.34. The van der Waals surface area contributed by atoms with E-state index in [0.717, 1.165) is 11.3 Å². The molecule has 1 aromatic carbocycles. The molecule has 0 amide bonds. The normalized spacial score (nSPS) is 11.8. The summed E-state index contributed by atoms with van der Waals surface area (Å²) in [5.41, 5.74) is 1.99. The van der Waals surface area contributed by atoms with E-state index in [-0.39, 0.29) is 0 Å². The van der Waals surface area contributed by atoms with Crippen molar-refractivity contribution in [1.29, 1.82) is 0 Å². The monoisotopic (exact) mass is 333 g/mol. The summed E-state index contributed by atoms with van der Waals surface area (Å²) < 4.78 is 45.5. The van der Waals surface area contributed by atoms with Gasteiger partial charge in [-0.25, -0.2) is 0 Å². The van der Waals surface area contributed by atoms with E-state index in [9.17, 15) is 13.2 Å². The van der Waals surface area contributed by atoms with Crippen molar-refractivity contribution in [3.8, 4) is 11.4 Å². The predicted molar refractivity (Wildman–Crippen MR) is 83.0 cm³/mol. The standard InChI is InChI=1S/C18H18F3N3/c1-13-7-4-5-9-23(13)16-11-15(18(19,20)21)12-17(14(16)2)24-10-6-8-22(24)3/h4-12H,1-3H3/q+2. The molecule has 124 valence electrons. The first kappa shape index (κ1) is 16.2. The number of alkyl halides is 3. The van der Waals surface area contributed by atoms with Gasteiger partial charge in [-0.1, -0.05) is 6.07 Å². The van der Waals surface area contributed by atoms with Gasteiger partial charge in [-0.05, 0) is 13.0 Å². The largest absolute Gasteiger partial charge is 0.416 e. The Bertz CT molecular complexity index is 895. The summed E-state index contributed by atoms with van der Waals surface area (Å²) >= 11 is 0. The molecule has 0 aliphatic carbocycles. The van der Waals surface area contributed by atoms with Gasteiger partial charge in [0.05, 0.1) is 17.3 Å². The van der Waals surface area contributed by atoms with E-state index < -0.39 is 11.7 Å². The van der Waals surface area contributed by atoms with Crippen LogP contribution in [0.25, 0.3) is 11.4 Å². The van der Waals surface area contributed by atoms with E-state index in [1.807, 2.05) is 32.0 Å². The maximum atomic E-state index is 13.4. The Kier molecular flexibility index (Phi) is 3.91. The van der Waals surface area contributed by atoms with Crippen molar-refractivity contribution in [3.63, 3.8) is 0 Å². The molecule has 0 N–H and O–H groups in total. The van der Waals surface area contributed by atoms with Crippen molar-refractivity contribution in [1.82, 2.24) is 4.68 Å². The molecule has 0 unspecified atom stereocenters. The third-order valence-corrected chi connectivity index (χ3v) is 4.12. The van der Waals surface area contributed by atoms with E-state index in [4.69, 9.17) is 0 Å². The van der Waals surface area contributed by atoms with E-state index in [1.165, 1.54) is 12.1 Å². The molecular formula is C18H18F3N3+2. The molecule has 0 saturated carbocycles. The van der Waals surface area contributed by atoms with Crippen LogP contribution in [0.4, 0.5) is 13.2 Å². The van der Waals surface area contributed by atoms with Crippen LogP contribution in [-0.4, -0.2) is 4.68 Å². The van der Waals surface area contributed by atoms with Crippen LogP contribution in [0.2, 0.25) is 0 Å². The Morgan fingerprint density at radius 1 is 1.00 bits per heavy atom. The zero-order valence-electron chi connectivity index (χ0n) is 13.7. The molecule has 3 rings (SSSR count). The van der Waals surface area contributed by atoms with Crippen LogP contribution >= 0.6 is 0 Å². The lowest BCUT2D eigenvalue weighted by Gasteiger charge is -2.13. The highest BCUT2D eigenvalue weighted by molar-refractivity contribution is 5.52. The highest BCUT2D eigenvalue weighted by Gasteiger charge is 2.34. The molecule has 24 heavy (non-hydrogen) atoms. The number of rotatable bonds is 2. The van der Waals surface area contributed by atoms with Crippen LogP contribution in [0, 0.1) is 13.8 Å². The van der Waals surface area contributed by atoms with E-state index >= 15 is 0 Å². The first-order chi connectivity index (χ1) is 11.3. The van der Waals surface area contributed by atoms with Crippen LogP contribution in [0.1, 0.15) is 16.8 Å². The zero-order chi connectivity index (χ0) is 17.5. The number of hydrogen-bond donors (Lipinski definition) is 0. The first-order valence-corrected chi connectivity index (χ1v) is 7.52. The molecule has 0 bridgehead atoms. The highest BCUT2D eigenvalue weighted by Crippen LogP contribution is 2.33. The fraction of sp³-hybridized carbons (Fsp3) is 0.222. The number of aromatic nitrogens is 3. The molecule has 0 radical (unpaired) electrons. The summed E-state index contributed by atoms with van der Waals surface area (Å²) in [5.74, 6) is 0. The third kappa shape index (κ3) is 2.79. The van der Waals surface area contributed by atoms with E-state index in [2.05, 4.69) is 0 Å². The van der Waals surface area contributed by atoms with Crippen LogP contribution in [0.15, 0.2) is 55.0 Å². The van der Waals surface area contributed by atoms with E-state index in [1.54, 1.807) is 45.6 Å². The number of halogens is 3. The van der Waals surface area contributed by atoms with Crippen molar-refractivity contribution in [2.45, 2.75) is 20.0 Å². The minimum Gasteiger partial charge on any atom is -0.166 e. The van der Waals surface area contributed by atoms with Gasteiger partial charge in [0.15, 0.2) is 25.1 Å². The maximum absolute atomic E-state index is 13.4. The summed E-state index contributed by atoms with van der Waals surface area (Å²) in [5, 5.41) is 0. The molecule has 3 nitrogen and oxygen atoms in total. The quantitative estimate of drug-likeness (QED) is 0.639. The lowest BCUT2D eigenvalue weighted by Crippen LogP contribution is -2.39. The Labute approximate surface area is 138 Å². The van der Waals surface area contributed by atoms with Crippen LogP contribution in [-0.2, 0) is 13.2 Å². The van der Waals surface area contributed by atoms with Crippen molar-refractivity contribution in [2.24, 2.45) is 7.05 Å². The Morgan fingerprint density at radius 3 is 2.33 bits per heavy atom. The summed E-state index contributed by atoms with van der Waals surface area (Å²) in [6.45, 7) is 3.71. The topological polar surface area (TPSA) is 12.7 Å². The highest BCUT2D eigenvalue weighted by atomic mass is 19.4. The van der Waals surface area contributed by atoms with Gasteiger partial charge < -0.3 is 0 Å². The number of benzene rings is 1. The molecule has 0 fully saturated rings. The second kappa shape index (κ2) is 5.78. The molecule has 3 aromatic rings. The van der Waals surface area contributed by atoms with Gasteiger partial charge in [-0.3, -0.25) is 0 Å². The number of hydrogen-bond acceptors (Lipinski definition) is 0. The summed E-state index contributed by atoms with van der Waals surface area (Å²) in [6, 6.07) is 9.73. The minimum absolute atomic E-state index is 0.503. The van der Waals surface area contributed by atoms with Gasteiger partial charge in [0, 0.05) is 31.2 Å². The van der Waals surface area contributed by atoms with E-state index in [0.29, 0.717) is 11.4 Å². The van der Waals surface area contributed by atoms with Crippen molar-refractivity contribution >= 4 is 0 Å². The minimum atomic E-state index is -4.41.